The van der Waals surface area contributed by atoms with Crippen molar-refractivity contribution >= 4 is 9.84 Å². The number of nitrogens with one attached hydrogen (secondary N) is 1. The van der Waals surface area contributed by atoms with Gasteiger partial charge in [-0.3, -0.25) is 0 Å². The van der Waals surface area contributed by atoms with Gasteiger partial charge in [-0.1, -0.05) is 26.0 Å². The molecule has 1 N–H and O–H groups in total. The zero-order chi connectivity index (χ0) is 14.6. The molecule has 1 aliphatic heterocycles. The van der Waals surface area contributed by atoms with Crippen molar-refractivity contribution in [2.45, 2.75) is 37.7 Å². The van der Waals surface area contributed by atoms with Gasteiger partial charge in [-0.15, -0.1) is 0 Å². The van der Waals surface area contributed by atoms with Crippen LogP contribution in [0.15, 0.2) is 29.2 Å². The molecule has 2 atom stereocenters. The van der Waals surface area contributed by atoms with Gasteiger partial charge in [0.1, 0.15) is 16.7 Å². The van der Waals surface area contributed by atoms with Crippen LogP contribution in [0.3, 0.4) is 0 Å². The van der Waals surface area contributed by atoms with Gasteiger partial charge >= 0.3 is 0 Å². The molecule has 2 rings (SSSR count). The first-order chi connectivity index (χ1) is 9.54. The molecule has 0 aliphatic carbocycles. The normalized spacial score (nSPS) is 23.5. The summed E-state index contributed by atoms with van der Waals surface area (Å²) in [6.07, 6.45) is 1.69. The van der Waals surface area contributed by atoms with Crippen molar-refractivity contribution in [2.24, 2.45) is 5.92 Å². The fourth-order valence-electron chi connectivity index (χ4n) is 2.47. The maximum Gasteiger partial charge on any atom is 0.182 e. The lowest BCUT2D eigenvalue weighted by atomic mass is 9.97. The SMILES string of the molecule is CCCS(=O)(=O)c1ccccc1OC1CNCCC1C. The van der Waals surface area contributed by atoms with E-state index in [-0.39, 0.29) is 11.9 Å². The van der Waals surface area contributed by atoms with Crippen molar-refractivity contribution in [3.8, 4) is 5.75 Å². The van der Waals surface area contributed by atoms with Crippen molar-refractivity contribution < 1.29 is 13.2 Å². The highest BCUT2D eigenvalue weighted by atomic mass is 32.2. The summed E-state index contributed by atoms with van der Waals surface area (Å²) >= 11 is 0. The first-order valence-electron chi connectivity index (χ1n) is 7.23. The third kappa shape index (κ3) is 3.52. The summed E-state index contributed by atoms with van der Waals surface area (Å²) in [4.78, 5) is 0.319. The van der Waals surface area contributed by atoms with Gasteiger partial charge < -0.3 is 10.1 Å². The zero-order valence-electron chi connectivity index (χ0n) is 12.1. The topological polar surface area (TPSA) is 55.4 Å². The molecule has 0 radical (unpaired) electrons. The molecule has 1 saturated heterocycles. The smallest absolute Gasteiger partial charge is 0.182 e. The van der Waals surface area contributed by atoms with Crippen LogP contribution in [0.25, 0.3) is 0 Å². The molecule has 1 fully saturated rings. The third-order valence-electron chi connectivity index (χ3n) is 3.69. The lowest BCUT2D eigenvalue weighted by Crippen LogP contribution is -2.43. The summed E-state index contributed by atoms with van der Waals surface area (Å²) in [5, 5.41) is 3.29. The van der Waals surface area contributed by atoms with Crippen molar-refractivity contribution in [1.29, 1.82) is 0 Å². The lowest BCUT2D eigenvalue weighted by Gasteiger charge is -2.30. The fourth-order valence-corrected chi connectivity index (χ4v) is 3.93. The molecule has 112 valence electrons. The van der Waals surface area contributed by atoms with Crippen LogP contribution in [0.4, 0.5) is 0 Å². The maximum atomic E-state index is 12.3. The highest BCUT2D eigenvalue weighted by Gasteiger charge is 2.25. The molecule has 5 heteroatoms. The molecule has 0 amide bonds. The van der Waals surface area contributed by atoms with Gasteiger partial charge in [0.05, 0.1) is 5.75 Å². The summed E-state index contributed by atoms with van der Waals surface area (Å²) in [6, 6.07) is 6.96. The largest absolute Gasteiger partial charge is 0.487 e. The maximum absolute atomic E-state index is 12.3. The monoisotopic (exact) mass is 297 g/mol. The van der Waals surface area contributed by atoms with Gasteiger partial charge in [0.2, 0.25) is 0 Å². The molecular formula is C15H23NO3S. The van der Waals surface area contributed by atoms with E-state index in [0.29, 0.717) is 23.0 Å². The second kappa shape index (κ2) is 6.59. The highest BCUT2D eigenvalue weighted by molar-refractivity contribution is 7.91. The molecule has 0 saturated carbocycles. The van der Waals surface area contributed by atoms with Gasteiger partial charge in [-0.05, 0) is 37.4 Å². The first kappa shape index (κ1) is 15.3. The number of para-hydroxylation sites is 1. The van der Waals surface area contributed by atoms with Gasteiger partial charge in [-0.25, -0.2) is 8.42 Å². The minimum absolute atomic E-state index is 0.0294. The van der Waals surface area contributed by atoms with Gasteiger partial charge in [0.15, 0.2) is 9.84 Å². The number of piperidine rings is 1. The lowest BCUT2D eigenvalue weighted by molar-refractivity contribution is 0.111. The predicted molar refractivity (Wildman–Crippen MR) is 79.9 cm³/mol. The first-order valence-corrected chi connectivity index (χ1v) is 8.89. The highest BCUT2D eigenvalue weighted by Crippen LogP contribution is 2.28. The van der Waals surface area contributed by atoms with E-state index in [1.54, 1.807) is 18.2 Å². The van der Waals surface area contributed by atoms with E-state index < -0.39 is 9.84 Å². The van der Waals surface area contributed by atoms with E-state index in [0.717, 1.165) is 19.5 Å². The van der Waals surface area contributed by atoms with Crippen molar-refractivity contribution in [1.82, 2.24) is 5.32 Å². The Balaban J connectivity index is 2.24. The van der Waals surface area contributed by atoms with Crippen LogP contribution in [0.2, 0.25) is 0 Å². The van der Waals surface area contributed by atoms with Crippen LogP contribution in [0, 0.1) is 5.92 Å². The minimum atomic E-state index is -3.25. The summed E-state index contributed by atoms with van der Waals surface area (Å²) < 4.78 is 30.6. The Hall–Kier alpha value is -1.07. The second-order valence-electron chi connectivity index (χ2n) is 5.39. The number of ether oxygens (including phenoxy) is 1. The Kier molecular flexibility index (Phi) is 5.05. The van der Waals surface area contributed by atoms with Gasteiger partial charge in [0.25, 0.3) is 0 Å². The summed E-state index contributed by atoms with van der Waals surface area (Å²) in [6.45, 7) is 5.78. The van der Waals surface area contributed by atoms with Crippen LogP contribution in [-0.4, -0.2) is 33.4 Å². The standard InChI is InChI=1S/C15H23NO3S/c1-3-10-20(17,18)15-7-5-4-6-13(15)19-14-11-16-9-8-12(14)2/h4-7,12,14,16H,3,8-11H2,1-2H3. The van der Waals surface area contributed by atoms with Crippen LogP contribution in [-0.2, 0) is 9.84 Å². The molecule has 1 aliphatic rings. The fraction of sp³-hybridized carbons (Fsp3) is 0.600. The number of rotatable bonds is 5. The Bertz CT molecular complexity index is 542. The van der Waals surface area contributed by atoms with Crippen LogP contribution >= 0.6 is 0 Å². The molecule has 4 nitrogen and oxygen atoms in total. The Morgan fingerprint density at radius 1 is 1.35 bits per heavy atom. The van der Waals surface area contributed by atoms with E-state index in [9.17, 15) is 8.42 Å². The van der Waals surface area contributed by atoms with Crippen molar-refractivity contribution in [3.63, 3.8) is 0 Å². The minimum Gasteiger partial charge on any atom is -0.487 e. The van der Waals surface area contributed by atoms with E-state index in [2.05, 4.69) is 12.2 Å². The van der Waals surface area contributed by atoms with Crippen LogP contribution in [0.1, 0.15) is 26.7 Å². The average molecular weight is 297 g/mol. The van der Waals surface area contributed by atoms with Crippen molar-refractivity contribution in [2.75, 3.05) is 18.8 Å². The van der Waals surface area contributed by atoms with E-state index in [4.69, 9.17) is 4.74 Å². The molecule has 0 bridgehead atoms. The predicted octanol–water partition coefficient (Wildman–Crippen LogP) is 2.25. The second-order valence-corrected chi connectivity index (χ2v) is 7.47. The molecular weight excluding hydrogens is 274 g/mol. The molecule has 2 unspecified atom stereocenters. The molecule has 0 aromatic heterocycles. The summed E-state index contributed by atoms with van der Waals surface area (Å²) in [5.74, 6) is 1.07. The summed E-state index contributed by atoms with van der Waals surface area (Å²) in [5.41, 5.74) is 0. The number of benzene rings is 1. The number of sulfone groups is 1. The number of hydrogen-bond acceptors (Lipinski definition) is 4. The van der Waals surface area contributed by atoms with E-state index >= 15 is 0 Å². The summed E-state index contributed by atoms with van der Waals surface area (Å²) in [7, 11) is -3.25. The zero-order valence-corrected chi connectivity index (χ0v) is 12.9. The van der Waals surface area contributed by atoms with Gasteiger partial charge in [-0.2, -0.15) is 0 Å². The molecule has 0 spiro atoms. The Morgan fingerprint density at radius 3 is 2.80 bits per heavy atom. The van der Waals surface area contributed by atoms with E-state index in [1.165, 1.54) is 0 Å². The molecule has 20 heavy (non-hydrogen) atoms. The molecule has 1 aromatic carbocycles. The van der Waals surface area contributed by atoms with Crippen LogP contribution in [0.5, 0.6) is 5.75 Å². The van der Waals surface area contributed by atoms with E-state index in [1.807, 2.05) is 13.0 Å². The average Bonchev–Trinajstić information content (AvgIpc) is 2.42. The Morgan fingerprint density at radius 2 is 2.10 bits per heavy atom. The molecule has 1 heterocycles. The van der Waals surface area contributed by atoms with Crippen LogP contribution < -0.4 is 10.1 Å². The van der Waals surface area contributed by atoms with Crippen molar-refractivity contribution in [3.05, 3.63) is 24.3 Å². The quantitative estimate of drug-likeness (QED) is 0.905. The number of hydrogen-bond donors (Lipinski definition) is 1. The third-order valence-corrected chi connectivity index (χ3v) is 5.65. The molecule has 1 aromatic rings. The van der Waals surface area contributed by atoms with Gasteiger partial charge in [0, 0.05) is 6.54 Å². The Labute approximate surface area is 121 Å².